The van der Waals surface area contributed by atoms with Crippen molar-refractivity contribution >= 4 is 34.9 Å². The number of nitrogens with zero attached hydrogens (tertiary/aromatic N) is 1. The number of Topliss-reactive ketones (excluding diaryl/α,β-unsaturated/α-hetero) is 2. The summed E-state index contributed by atoms with van der Waals surface area (Å²) < 4.78 is 0. The zero-order valence-electron chi connectivity index (χ0n) is 20.9. The molecular weight excluding hydrogens is 482 g/mol. The highest BCUT2D eigenvalue weighted by Gasteiger charge is 2.56. The molecule has 0 aromatic heterocycles. The number of aromatic hydroxyl groups is 1. The van der Waals surface area contributed by atoms with Crippen molar-refractivity contribution in [1.82, 2.24) is 0 Å². The van der Waals surface area contributed by atoms with E-state index in [-0.39, 0.29) is 41.3 Å². The minimum atomic E-state index is -0.702. The molecule has 7 heteroatoms. The van der Waals surface area contributed by atoms with Gasteiger partial charge in [-0.25, -0.2) is 0 Å². The molecule has 2 amide bonds. The number of phenolic OH excluding ortho intramolecular Hbond substituents is 1. The van der Waals surface area contributed by atoms with Crippen LogP contribution in [0.25, 0.3) is 0 Å². The van der Waals surface area contributed by atoms with Crippen LogP contribution in [0.4, 0.5) is 5.69 Å². The van der Waals surface area contributed by atoms with Crippen molar-refractivity contribution in [3.05, 3.63) is 94.1 Å². The normalized spacial score (nSPS) is 26.5. The number of carbonyl (C=O) groups is 5. The summed E-state index contributed by atoms with van der Waals surface area (Å²) in [4.78, 5) is 66.8. The Bertz CT molecular complexity index is 1560. The lowest BCUT2D eigenvalue weighted by atomic mass is 9.59. The number of fused-ring (bicyclic) bond motifs is 3. The number of imide groups is 1. The van der Waals surface area contributed by atoms with Gasteiger partial charge in [0, 0.05) is 33.8 Å². The largest absolute Gasteiger partial charge is 0.508 e. The van der Waals surface area contributed by atoms with Crippen molar-refractivity contribution in [2.75, 3.05) is 4.90 Å². The predicted octanol–water partition coefficient (Wildman–Crippen LogP) is 4.23. The van der Waals surface area contributed by atoms with Crippen LogP contribution in [0.15, 0.2) is 83.0 Å². The van der Waals surface area contributed by atoms with Crippen molar-refractivity contribution in [2.45, 2.75) is 32.6 Å². The van der Waals surface area contributed by atoms with Gasteiger partial charge in [-0.05, 0) is 69.0 Å². The molecule has 0 radical (unpaired) electrons. The predicted molar refractivity (Wildman–Crippen MR) is 138 cm³/mol. The molecule has 0 bridgehead atoms. The van der Waals surface area contributed by atoms with Crippen LogP contribution < -0.4 is 4.90 Å². The molecule has 0 saturated carbocycles. The molecule has 2 aromatic rings. The molecule has 1 N–H and O–H groups in total. The number of allylic oxidation sites excluding steroid dienone is 6. The van der Waals surface area contributed by atoms with E-state index in [0.717, 1.165) is 5.57 Å². The summed E-state index contributed by atoms with van der Waals surface area (Å²) in [5, 5.41) is 10.8. The zero-order chi connectivity index (χ0) is 26.9. The molecule has 38 heavy (non-hydrogen) atoms. The molecule has 3 aliphatic carbocycles. The number of amides is 2. The number of hydrogen-bond donors (Lipinski definition) is 1. The monoisotopic (exact) mass is 507 g/mol. The first-order chi connectivity index (χ1) is 18.2. The van der Waals surface area contributed by atoms with Crippen molar-refractivity contribution in [1.29, 1.82) is 0 Å². The standard InChI is InChI=1S/C31H25NO6/c1-15-13-25(35)23-14-22-19(26(28(23)29(15)36)20-5-3-4-6-24(20)34)11-12-21-27(22)31(38)32(30(21)37)18-9-7-17(8-10-18)16(2)33/h3-11,13,21-22,26-27,34H,12,14H2,1-2H3. The van der Waals surface area contributed by atoms with E-state index in [0.29, 0.717) is 40.0 Å². The molecule has 0 spiro atoms. The van der Waals surface area contributed by atoms with Gasteiger partial charge >= 0.3 is 0 Å². The second-order valence-corrected chi connectivity index (χ2v) is 10.4. The minimum Gasteiger partial charge on any atom is -0.508 e. The second-order valence-electron chi connectivity index (χ2n) is 10.4. The SMILES string of the molecule is CC(=O)c1ccc(N2C(=O)C3CC=C4C(c5ccccc5O)C5=C(CC4C3C2=O)C(=O)C=C(C)C5=O)cc1. The third kappa shape index (κ3) is 3.38. The minimum absolute atomic E-state index is 0.00138. The maximum Gasteiger partial charge on any atom is 0.238 e. The number of carbonyl (C=O) groups excluding carboxylic acids is 5. The van der Waals surface area contributed by atoms with Gasteiger partial charge in [-0.2, -0.15) is 0 Å². The van der Waals surface area contributed by atoms with E-state index in [2.05, 4.69) is 0 Å². The average molecular weight is 508 g/mol. The zero-order valence-corrected chi connectivity index (χ0v) is 20.9. The van der Waals surface area contributed by atoms with Crippen LogP contribution in [-0.2, 0) is 19.2 Å². The summed E-state index contributed by atoms with van der Waals surface area (Å²) in [7, 11) is 0. The number of anilines is 1. The first kappa shape index (κ1) is 24.0. The molecule has 1 fully saturated rings. The molecule has 4 unspecified atom stereocenters. The van der Waals surface area contributed by atoms with Gasteiger partial charge in [0.2, 0.25) is 11.8 Å². The van der Waals surface area contributed by atoms with Crippen LogP contribution >= 0.6 is 0 Å². The van der Waals surface area contributed by atoms with E-state index in [1.54, 1.807) is 55.5 Å². The molecule has 190 valence electrons. The van der Waals surface area contributed by atoms with Crippen molar-refractivity contribution in [2.24, 2.45) is 17.8 Å². The Labute approximate surface area is 219 Å². The molecule has 1 heterocycles. The van der Waals surface area contributed by atoms with Gasteiger partial charge in [-0.3, -0.25) is 28.9 Å². The van der Waals surface area contributed by atoms with Gasteiger partial charge in [0.05, 0.1) is 17.5 Å². The lowest BCUT2D eigenvalue weighted by molar-refractivity contribution is -0.123. The lowest BCUT2D eigenvalue weighted by Gasteiger charge is -2.42. The third-order valence-corrected chi connectivity index (χ3v) is 8.34. The fourth-order valence-electron chi connectivity index (χ4n) is 6.55. The van der Waals surface area contributed by atoms with Gasteiger partial charge in [0.1, 0.15) is 5.75 Å². The van der Waals surface area contributed by atoms with Crippen LogP contribution in [0, 0.1) is 17.8 Å². The van der Waals surface area contributed by atoms with Gasteiger partial charge in [-0.1, -0.05) is 29.8 Å². The van der Waals surface area contributed by atoms with Crippen molar-refractivity contribution in [3.8, 4) is 5.75 Å². The summed E-state index contributed by atoms with van der Waals surface area (Å²) in [6.45, 7) is 3.06. The Morgan fingerprint density at radius 2 is 1.66 bits per heavy atom. The quantitative estimate of drug-likeness (QED) is 0.288. The fourth-order valence-corrected chi connectivity index (χ4v) is 6.55. The first-order valence-corrected chi connectivity index (χ1v) is 12.7. The number of hydrogen-bond acceptors (Lipinski definition) is 6. The highest BCUT2D eigenvalue weighted by Crippen LogP contribution is 2.56. The van der Waals surface area contributed by atoms with Gasteiger partial charge in [0.15, 0.2) is 17.3 Å². The van der Waals surface area contributed by atoms with E-state index in [9.17, 15) is 29.1 Å². The molecule has 2 aromatic carbocycles. The molecule has 6 rings (SSSR count). The Kier molecular flexibility index (Phi) is 5.42. The van der Waals surface area contributed by atoms with E-state index < -0.39 is 23.7 Å². The summed E-state index contributed by atoms with van der Waals surface area (Å²) in [6, 6.07) is 13.1. The maximum atomic E-state index is 13.9. The highest BCUT2D eigenvalue weighted by molar-refractivity contribution is 6.25. The Hall–Kier alpha value is -4.39. The second kappa shape index (κ2) is 8.58. The number of rotatable bonds is 3. The van der Waals surface area contributed by atoms with Gasteiger partial charge < -0.3 is 5.11 Å². The number of ketones is 3. The summed E-state index contributed by atoms with van der Waals surface area (Å²) in [6.07, 6.45) is 3.75. The van der Waals surface area contributed by atoms with Crippen LogP contribution in [0.1, 0.15) is 48.5 Å². The number of para-hydroxylation sites is 1. The topological polar surface area (TPSA) is 109 Å². The highest BCUT2D eigenvalue weighted by atomic mass is 16.3. The Morgan fingerprint density at radius 1 is 0.947 bits per heavy atom. The summed E-state index contributed by atoms with van der Waals surface area (Å²) in [5.41, 5.74) is 3.21. The molecule has 4 aliphatic rings. The summed E-state index contributed by atoms with van der Waals surface area (Å²) >= 11 is 0. The van der Waals surface area contributed by atoms with Crippen LogP contribution in [0.5, 0.6) is 5.75 Å². The third-order valence-electron chi connectivity index (χ3n) is 8.34. The van der Waals surface area contributed by atoms with Crippen LogP contribution in [-0.4, -0.2) is 34.3 Å². The summed E-state index contributed by atoms with van der Waals surface area (Å²) in [5.74, 6) is -3.75. The Balaban J connectivity index is 1.46. The Morgan fingerprint density at radius 3 is 2.34 bits per heavy atom. The molecule has 4 atom stereocenters. The first-order valence-electron chi connectivity index (χ1n) is 12.7. The maximum absolute atomic E-state index is 13.9. The lowest BCUT2D eigenvalue weighted by Crippen LogP contribution is -2.39. The van der Waals surface area contributed by atoms with E-state index in [1.807, 2.05) is 6.08 Å². The van der Waals surface area contributed by atoms with E-state index in [1.165, 1.54) is 17.9 Å². The van der Waals surface area contributed by atoms with E-state index >= 15 is 0 Å². The fraction of sp³-hybridized carbons (Fsp3) is 0.258. The molecule has 1 saturated heterocycles. The van der Waals surface area contributed by atoms with Gasteiger partial charge in [-0.15, -0.1) is 0 Å². The molecule has 1 aliphatic heterocycles. The average Bonchev–Trinajstić information content (AvgIpc) is 3.16. The smallest absolute Gasteiger partial charge is 0.238 e. The number of benzene rings is 2. The van der Waals surface area contributed by atoms with Crippen LogP contribution in [0.2, 0.25) is 0 Å². The van der Waals surface area contributed by atoms with Crippen molar-refractivity contribution in [3.63, 3.8) is 0 Å². The van der Waals surface area contributed by atoms with E-state index in [4.69, 9.17) is 0 Å². The van der Waals surface area contributed by atoms with Crippen molar-refractivity contribution < 1.29 is 29.1 Å². The molecule has 7 nitrogen and oxygen atoms in total. The number of phenols is 1. The van der Waals surface area contributed by atoms with Gasteiger partial charge in [0.25, 0.3) is 0 Å². The molecular formula is C31H25NO6. The van der Waals surface area contributed by atoms with Crippen LogP contribution in [0.3, 0.4) is 0 Å².